The highest BCUT2D eigenvalue weighted by Gasteiger charge is 2.23. The number of carbonyl (C=O) groups excluding carboxylic acids is 2. The van der Waals surface area contributed by atoms with Gasteiger partial charge in [0.15, 0.2) is 5.78 Å². The van der Waals surface area contributed by atoms with Crippen molar-refractivity contribution in [2.45, 2.75) is 38.0 Å². The van der Waals surface area contributed by atoms with Crippen LogP contribution in [0.2, 0.25) is 0 Å². The highest BCUT2D eigenvalue weighted by Crippen LogP contribution is 2.32. The molecule has 1 aromatic carbocycles. The fourth-order valence-electron chi connectivity index (χ4n) is 2.62. The number of carbonyl (C=O) groups is 2. The fourth-order valence-corrected chi connectivity index (χ4v) is 3.16. The number of hydrogen-bond donors (Lipinski definition) is 1. The number of benzene rings is 1. The molecule has 6 heteroatoms. The van der Waals surface area contributed by atoms with Gasteiger partial charge in [-0.25, -0.2) is 13.6 Å². The van der Waals surface area contributed by atoms with Gasteiger partial charge < -0.3 is 0 Å². The van der Waals surface area contributed by atoms with Crippen molar-refractivity contribution in [1.82, 2.24) is 0 Å². The molecule has 1 atom stereocenters. The molecule has 0 heterocycles. The van der Waals surface area contributed by atoms with Crippen molar-refractivity contribution in [2.24, 2.45) is 5.14 Å². The lowest BCUT2D eigenvalue weighted by Gasteiger charge is -2.09. The van der Waals surface area contributed by atoms with E-state index in [4.69, 9.17) is 5.14 Å². The quantitative estimate of drug-likeness (QED) is 0.810. The molecule has 0 saturated heterocycles. The lowest BCUT2D eigenvalue weighted by Crippen LogP contribution is -2.17. The first-order valence-corrected chi connectivity index (χ1v) is 8.72. The molecule has 1 aromatic rings. The largest absolute Gasteiger partial charge is 0.300 e. The molecule has 1 fully saturated rings. The van der Waals surface area contributed by atoms with Crippen molar-refractivity contribution in [3.8, 4) is 0 Å². The van der Waals surface area contributed by atoms with Gasteiger partial charge in [0.25, 0.3) is 0 Å². The smallest absolute Gasteiger partial charge is 0.209 e. The summed E-state index contributed by atoms with van der Waals surface area (Å²) in [5.74, 6) is 0.293. The Bertz CT molecular complexity index is 634. The summed E-state index contributed by atoms with van der Waals surface area (Å²) in [6.07, 6.45) is 2.50. The minimum absolute atomic E-state index is 0.0901. The number of Topliss-reactive ketones (excluding diaryl/α,β-unsaturated/α-hetero) is 2. The van der Waals surface area contributed by atoms with Gasteiger partial charge in [0, 0.05) is 24.8 Å². The first kappa shape index (κ1) is 15.9. The van der Waals surface area contributed by atoms with E-state index in [1.807, 2.05) is 12.1 Å². The van der Waals surface area contributed by atoms with E-state index in [0.29, 0.717) is 24.2 Å². The maximum atomic E-state index is 11.9. The molecule has 2 rings (SSSR count). The van der Waals surface area contributed by atoms with Gasteiger partial charge in [0.1, 0.15) is 5.78 Å². The summed E-state index contributed by atoms with van der Waals surface area (Å²) >= 11 is 0. The summed E-state index contributed by atoms with van der Waals surface area (Å²) in [5, 5.41) is 4.89. The summed E-state index contributed by atoms with van der Waals surface area (Å²) in [6.45, 7) is 0. The number of nitrogens with two attached hydrogens (primary N) is 1. The predicted molar refractivity (Wildman–Crippen MR) is 79.6 cm³/mol. The maximum absolute atomic E-state index is 11.9. The third-order valence-corrected chi connectivity index (χ3v) is 4.64. The summed E-state index contributed by atoms with van der Waals surface area (Å²) < 4.78 is 21.6. The van der Waals surface area contributed by atoms with Gasteiger partial charge in [-0.05, 0) is 24.3 Å². The number of rotatable bonds is 6. The van der Waals surface area contributed by atoms with Gasteiger partial charge >= 0.3 is 0 Å². The Morgan fingerprint density at radius 1 is 1.24 bits per heavy atom. The van der Waals surface area contributed by atoms with Gasteiger partial charge in [-0.3, -0.25) is 9.59 Å². The summed E-state index contributed by atoms with van der Waals surface area (Å²) in [4.78, 5) is 23.2. The number of hydrogen-bond acceptors (Lipinski definition) is 4. The van der Waals surface area contributed by atoms with Gasteiger partial charge in [-0.1, -0.05) is 24.3 Å². The van der Waals surface area contributed by atoms with Crippen LogP contribution in [0.1, 0.15) is 53.9 Å². The van der Waals surface area contributed by atoms with Crippen molar-refractivity contribution >= 4 is 21.6 Å². The molecule has 0 bridgehead atoms. The second-order valence-corrected chi connectivity index (χ2v) is 7.23. The average Bonchev–Trinajstić information content (AvgIpc) is 2.84. The second kappa shape index (κ2) is 6.49. The van der Waals surface area contributed by atoms with E-state index < -0.39 is 10.0 Å². The zero-order chi connectivity index (χ0) is 15.5. The van der Waals surface area contributed by atoms with E-state index in [2.05, 4.69) is 0 Å². The molecule has 114 valence electrons. The topological polar surface area (TPSA) is 94.3 Å². The molecule has 0 aliphatic heterocycles. The van der Waals surface area contributed by atoms with Crippen LogP contribution in [-0.2, 0) is 14.8 Å². The molecule has 1 aliphatic rings. The Labute approximate surface area is 124 Å². The zero-order valence-electron chi connectivity index (χ0n) is 11.7. The standard InChI is InChI=1S/C15H19NO4S/c16-21(19,20)9-1-2-15(18)12-5-3-11(4-6-12)13-7-8-14(17)10-13/h3-6,13H,1-2,7-10H2,(H2,16,19,20)/t13-/m1/s1. The van der Waals surface area contributed by atoms with Crippen LogP contribution >= 0.6 is 0 Å². The monoisotopic (exact) mass is 309 g/mol. The van der Waals surface area contributed by atoms with E-state index in [9.17, 15) is 18.0 Å². The molecule has 1 aliphatic carbocycles. The van der Waals surface area contributed by atoms with Crippen molar-refractivity contribution in [3.63, 3.8) is 0 Å². The van der Waals surface area contributed by atoms with Crippen LogP contribution in [0.25, 0.3) is 0 Å². The summed E-state index contributed by atoms with van der Waals surface area (Å²) in [5.41, 5.74) is 1.65. The predicted octanol–water partition coefficient (Wildman–Crippen LogP) is 1.77. The van der Waals surface area contributed by atoms with Crippen LogP contribution in [0.3, 0.4) is 0 Å². The highest BCUT2D eigenvalue weighted by atomic mass is 32.2. The van der Waals surface area contributed by atoms with Crippen molar-refractivity contribution < 1.29 is 18.0 Å². The molecular weight excluding hydrogens is 290 g/mol. The summed E-state index contributed by atoms with van der Waals surface area (Å²) in [6, 6.07) is 7.27. The van der Waals surface area contributed by atoms with Crippen molar-refractivity contribution in [1.29, 1.82) is 0 Å². The van der Waals surface area contributed by atoms with Crippen molar-refractivity contribution in [2.75, 3.05) is 5.75 Å². The molecule has 1 saturated carbocycles. The van der Waals surface area contributed by atoms with Crippen LogP contribution in [0, 0.1) is 0 Å². The normalized spacial score (nSPS) is 18.9. The SMILES string of the molecule is NS(=O)(=O)CCCC(=O)c1ccc([C@@H]2CCC(=O)C2)cc1. The minimum atomic E-state index is -3.51. The molecular formula is C15H19NO4S. The van der Waals surface area contributed by atoms with E-state index in [0.717, 1.165) is 12.0 Å². The maximum Gasteiger partial charge on any atom is 0.209 e. The molecule has 2 N–H and O–H groups in total. The number of primary sulfonamides is 1. The van der Waals surface area contributed by atoms with E-state index in [1.165, 1.54) is 0 Å². The molecule has 0 amide bonds. The number of ketones is 2. The number of sulfonamides is 1. The highest BCUT2D eigenvalue weighted by molar-refractivity contribution is 7.89. The Morgan fingerprint density at radius 3 is 2.43 bits per heavy atom. The van der Waals surface area contributed by atoms with E-state index >= 15 is 0 Å². The van der Waals surface area contributed by atoms with Gasteiger partial charge in [0.2, 0.25) is 10.0 Å². The van der Waals surface area contributed by atoms with Gasteiger partial charge in [-0.2, -0.15) is 0 Å². The van der Waals surface area contributed by atoms with Crippen LogP contribution in [0.5, 0.6) is 0 Å². The van der Waals surface area contributed by atoms with Crippen molar-refractivity contribution in [3.05, 3.63) is 35.4 Å². The molecule has 0 aromatic heterocycles. The third-order valence-electron chi connectivity index (χ3n) is 3.78. The molecule has 5 nitrogen and oxygen atoms in total. The van der Waals surface area contributed by atoms with Gasteiger partial charge in [0.05, 0.1) is 5.75 Å². The third kappa shape index (κ3) is 4.75. The fraction of sp³-hybridized carbons (Fsp3) is 0.467. The molecule has 21 heavy (non-hydrogen) atoms. The molecule has 0 unspecified atom stereocenters. The van der Waals surface area contributed by atoms with Crippen LogP contribution in [-0.4, -0.2) is 25.7 Å². The molecule has 0 spiro atoms. The Kier molecular flexibility index (Phi) is 4.90. The van der Waals surface area contributed by atoms with Crippen LogP contribution in [0.4, 0.5) is 0 Å². The van der Waals surface area contributed by atoms with Crippen LogP contribution in [0.15, 0.2) is 24.3 Å². The Hall–Kier alpha value is -1.53. The first-order valence-electron chi connectivity index (χ1n) is 7.00. The Morgan fingerprint density at radius 2 is 1.90 bits per heavy atom. The minimum Gasteiger partial charge on any atom is -0.300 e. The average molecular weight is 309 g/mol. The second-order valence-electron chi connectivity index (χ2n) is 5.49. The lowest BCUT2D eigenvalue weighted by molar-refractivity contribution is -0.117. The Balaban J connectivity index is 1.92. The van der Waals surface area contributed by atoms with E-state index in [1.54, 1.807) is 12.1 Å². The lowest BCUT2D eigenvalue weighted by atomic mass is 9.95. The zero-order valence-corrected chi connectivity index (χ0v) is 12.6. The first-order chi connectivity index (χ1) is 9.85. The van der Waals surface area contributed by atoms with Gasteiger partial charge in [-0.15, -0.1) is 0 Å². The van der Waals surface area contributed by atoms with E-state index in [-0.39, 0.29) is 30.3 Å². The summed E-state index contributed by atoms with van der Waals surface area (Å²) in [7, 11) is -3.51. The molecule has 0 radical (unpaired) electrons. The van der Waals surface area contributed by atoms with Crippen LogP contribution < -0.4 is 5.14 Å².